The summed E-state index contributed by atoms with van der Waals surface area (Å²) in [7, 11) is 0. The number of anilines is 3. The maximum absolute atomic E-state index is 12.1. The zero-order valence-corrected chi connectivity index (χ0v) is 10.6. The Morgan fingerprint density at radius 3 is 2.85 bits per heavy atom. The monoisotopic (exact) mass is 269 g/mol. The highest BCUT2D eigenvalue weighted by molar-refractivity contribution is 6.13. The third-order valence-corrected chi connectivity index (χ3v) is 3.06. The van der Waals surface area contributed by atoms with Crippen LogP contribution < -0.4 is 10.6 Å². The molecule has 2 aromatic rings. The molecule has 0 spiro atoms. The van der Waals surface area contributed by atoms with Gasteiger partial charge in [-0.15, -0.1) is 0 Å². The predicted molar refractivity (Wildman–Crippen MR) is 73.6 cm³/mol. The summed E-state index contributed by atoms with van der Waals surface area (Å²) in [6.07, 6.45) is 1.54. The molecule has 1 aliphatic rings. The number of fused-ring (bicyclic) bond motifs is 2. The third kappa shape index (κ3) is 1.87. The molecule has 0 saturated carbocycles. The first kappa shape index (κ1) is 12.2. The van der Waals surface area contributed by atoms with E-state index in [1.165, 1.54) is 0 Å². The van der Waals surface area contributed by atoms with Gasteiger partial charge in [-0.25, -0.2) is 9.78 Å². The van der Waals surface area contributed by atoms with Crippen molar-refractivity contribution in [2.24, 2.45) is 0 Å². The lowest BCUT2D eigenvalue weighted by atomic mass is 10.1. The van der Waals surface area contributed by atoms with Crippen LogP contribution in [0.1, 0.15) is 26.3 Å². The molecule has 0 aliphatic carbocycles. The summed E-state index contributed by atoms with van der Waals surface area (Å²) in [4.78, 5) is 27.6. The van der Waals surface area contributed by atoms with Crippen LogP contribution in [-0.4, -0.2) is 22.0 Å². The topological polar surface area (TPSA) is 91.3 Å². The average molecular weight is 269 g/mol. The molecule has 6 nitrogen and oxygen atoms in total. The van der Waals surface area contributed by atoms with Crippen molar-refractivity contribution in [1.82, 2.24) is 4.98 Å². The van der Waals surface area contributed by atoms with E-state index in [2.05, 4.69) is 15.6 Å². The van der Waals surface area contributed by atoms with Gasteiger partial charge in [-0.2, -0.15) is 0 Å². The molecule has 20 heavy (non-hydrogen) atoms. The minimum Gasteiger partial charge on any atom is -0.478 e. The van der Waals surface area contributed by atoms with Gasteiger partial charge in [-0.3, -0.25) is 4.79 Å². The quantitative estimate of drug-likeness (QED) is 0.739. The van der Waals surface area contributed by atoms with Crippen LogP contribution in [0.2, 0.25) is 0 Å². The Balaban J connectivity index is 2.25. The zero-order chi connectivity index (χ0) is 14.3. The maximum Gasteiger partial charge on any atom is 0.337 e. The van der Waals surface area contributed by atoms with Gasteiger partial charge in [0.15, 0.2) is 0 Å². The highest BCUT2D eigenvalue weighted by Crippen LogP contribution is 2.34. The highest BCUT2D eigenvalue weighted by atomic mass is 16.4. The van der Waals surface area contributed by atoms with Crippen LogP contribution in [-0.2, 0) is 0 Å². The summed E-state index contributed by atoms with van der Waals surface area (Å²) in [6, 6.07) is 6.55. The van der Waals surface area contributed by atoms with Crippen LogP contribution in [0, 0.1) is 6.92 Å². The molecule has 0 atom stereocenters. The summed E-state index contributed by atoms with van der Waals surface area (Å²) < 4.78 is 0. The second-order valence-electron chi connectivity index (χ2n) is 4.52. The molecule has 1 aromatic carbocycles. The first-order valence-electron chi connectivity index (χ1n) is 5.97. The van der Waals surface area contributed by atoms with Crippen LogP contribution in [0.3, 0.4) is 0 Å². The van der Waals surface area contributed by atoms with E-state index in [1.807, 2.05) is 0 Å². The summed E-state index contributed by atoms with van der Waals surface area (Å²) in [5, 5.41) is 14.9. The van der Waals surface area contributed by atoms with Crippen LogP contribution in [0.4, 0.5) is 17.2 Å². The first-order chi connectivity index (χ1) is 9.56. The highest BCUT2D eigenvalue weighted by Gasteiger charge is 2.24. The normalized spacial score (nSPS) is 12.6. The lowest BCUT2D eigenvalue weighted by molar-refractivity contribution is 0.0697. The number of amides is 1. The van der Waals surface area contributed by atoms with Crippen molar-refractivity contribution in [1.29, 1.82) is 0 Å². The Kier molecular flexibility index (Phi) is 2.64. The van der Waals surface area contributed by atoms with E-state index in [9.17, 15) is 14.7 Å². The summed E-state index contributed by atoms with van der Waals surface area (Å²) in [6.45, 7) is 1.77. The van der Waals surface area contributed by atoms with Gasteiger partial charge in [-0.1, -0.05) is 0 Å². The number of nitrogens with zero attached hydrogens (tertiary/aromatic N) is 1. The molecule has 3 rings (SSSR count). The predicted octanol–water partition coefficient (Wildman–Crippen LogP) is 2.40. The van der Waals surface area contributed by atoms with Gasteiger partial charge in [0.2, 0.25) is 0 Å². The SMILES string of the molecule is Cc1cc2c(c(C(=O)O)c1)Nc1ncccc1C(=O)N2. The van der Waals surface area contributed by atoms with E-state index in [0.29, 0.717) is 22.8 Å². The van der Waals surface area contributed by atoms with Gasteiger partial charge in [0.25, 0.3) is 5.91 Å². The Morgan fingerprint density at radius 1 is 1.30 bits per heavy atom. The lowest BCUT2D eigenvalue weighted by Gasteiger charge is -2.12. The Bertz CT molecular complexity index is 740. The molecule has 2 heterocycles. The molecular formula is C14H11N3O3. The van der Waals surface area contributed by atoms with Crippen molar-refractivity contribution >= 4 is 29.1 Å². The molecule has 1 aliphatic heterocycles. The van der Waals surface area contributed by atoms with Gasteiger partial charge in [0, 0.05) is 6.20 Å². The number of carboxylic acids is 1. The molecule has 1 aromatic heterocycles. The van der Waals surface area contributed by atoms with Crippen LogP contribution in [0.5, 0.6) is 0 Å². The van der Waals surface area contributed by atoms with Crippen molar-refractivity contribution in [3.8, 4) is 0 Å². The number of hydrogen-bond donors (Lipinski definition) is 3. The number of benzene rings is 1. The molecule has 0 saturated heterocycles. The fourth-order valence-electron chi connectivity index (χ4n) is 2.18. The number of hydrogen-bond acceptors (Lipinski definition) is 4. The van der Waals surface area contributed by atoms with Gasteiger partial charge in [0.1, 0.15) is 5.82 Å². The fraction of sp³-hybridized carbons (Fsp3) is 0.0714. The van der Waals surface area contributed by atoms with E-state index in [-0.39, 0.29) is 11.5 Å². The molecular weight excluding hydrogens is 258 g/mol. The number of rotatable bonds is 1. The Morgan fingerprint density at radius 2 is 2.10 bits per heavy atom. The van der Waals surface area contributed by atoms with Crippen molar-refractivity contribution in [2.45, 2.75) is 6.92 Å². The van der Waals surface area contributed by atoms with E-state index in [4.69, 9.17) is 0 Å². The average Bonchev–Trinajstić information content (AvgIpc) is 2.54. The van der Waals surface area contributed by atoms with Crippen molar-refractivity contribution in [3.05, 3.63) is 47.2 Å². The maximum atomic E-state index is 12.1. The minimum absolute atomic E-state index is 0.0961. The van der Waals surface area contributed by atoms with E-state index in [0.717, 1.165) is 5.56 Å². The first-order valence-corrected chi connectivity index (χ1v) is 5.97. The number of aromatic nitrogens is 1. The van der Waals surface area contributed by atoms with Crippen LogP contribution >= 0.6 is 0 Å². The van der Waals surface area contributed by atoms with E-state index >= 15 is 0 Å². The summed E-state index contributed by atoms with van der Waals surface area (Å²) >= 11 is 0. The molecule has 0 unspecified atom stereocenters. The largest absolute Gasteiger partial charge is 0.478 e. The number of aromatic carboxylic acids is 1. The smallest absolute Gasteiger partial charge is 0.337 e. The number of aryl methyl sites for hydroxylation is 1. The van der Waals surface area contributed by atoms with Crippen molar-refractivity contribution in [3.63, 3.8) is 0 Å². The standard InChI is InChI=1S/C14H11N3O3/c1-7-5-9(14(19)20)11-10(6-7)16-13(18)8-3-2-4-15-12(8)17-11/h2-6H,1H3,(H,15,17)(H,16,18)(H,19,20). The van der Waals surface area contributed by atoms with Gasteiger partial charge in [0.05, 0.1) is 22.5 Å². The summed E-state index contributed by atoms with van der Waals surface area (Å²) in [5.74, 6) is -1.04. The number of pyridine rings is 1. The number of carbonyl (C=O) groups excluding carboxylic acids is 1. The Labute approximate surface area is 114 Å². The molecule has 1 amide bonds. The number of nitrogens with one attached hydrogen (secondary N) is 2. The van der Waals surface area contributed by atoms with Crippen LogP contribution in [0.15, 0.2) is 30.5 Å². The molecule has 0 fully saturated rings. The molecule has 100 valence electrons. The number of carboxylic acid groups (broad SMARTS) is 1. The van der Waals surface area contributed by atoms with Gasteiger partial charge >= 0.3 is 5.97 Å². The van der Waals surface area contributed by atoms with E-state index in [1.54, 1.807) is 37.4 Å². The second kappa shape index (κ2) is 4.34. The van der Waals surface area contributed by atoms with E-state index < -0.39 is 5.97 Å². The molecule has 3 N–H and O–H groups in total. The van der Waals surface area contributed by atoms with Gasteiger partial charge in [-0.05, 0) is 36.8 Å². The van der Waals surface area contributed by atoms with Crippen LogP contribution in [0.25, 0.3) is 0 Å². The minimum atomic E-state index is -1.06. The number of carbonyl (C=O) groups is 2. The van der Waals surface area contributed by atoms with Gasteiger partial charge < -0.3 is 15.7 Å². The summed E-state index contributed by atoms with van der Waals surface area (Å²) in [5.41, 5.74) is 2.00. The van der Waals surface area contributed by atoms with Crippen molar-refractivity contribution < 1.29 is 14.7 Å². The van der Waals surface area contributed by atoms with Crippen molar-refractivity contribution in [2.75, 3.05) is 10.6 Å². The third-order valence-electron chi connectivity index (χ3n) is 3.06. The molecule has 6 heteroatoms. The molecule has 0 radical (unpaired) electrons. The molecule has 0 bridgehead atoms. The second-order valence-corrected chi connectivity index (χ2v) is 4.52. The fourth-order valence-corrected chi connectivity index (χ4v) is 2.18. The lowest BCUT2D eigenvalue weighted by Crippen LogP contribution is -2.11. The Hall–Kier alpha value is -2.89. The zero-order valence-electron chi connectivity index (χ0n) is 10.6.